The van der Waals surface area contributed by atoms with Crippen LogP contribution in [0.25, 0.3) is 0 Å². The van der Waals surface area contributed by atoms with Crippen LogP contribution in [0.2, 0.25) is 0 Å². The Hall–Kier alpha value is -1.51. The van der Waals surface area contributed by atoms with Gasteiger partial charge in [0, 0.05) is 18.0 Å². The average Bonchev–Trinajstić information content (AvgIpc) is 2.57. The van der Waals surface area contributed by atoms with E-state index in [1.807, 2.05) is 11.8 Å². The van der Waals surface area contributed by atoms with Gasteiger partial charge in [-0.3, -0.25) is 4.90 Å². The molecule has 0 aliphatic carbocycles. The molecule has 2 aromatic rings. The largest absolute Gasteiger partial charge is 0.295 e. The molecule has 0 bridgehead atoms. The molecular weight excluding hydrogens is 286 g/mol. The molecular formula is C20H23NS. The van der Waals surface area contributed by atoms with Crippen molar-refractivity contribution in [3.05, 3.63) is 76.7 Å². The number of nitrogens with zero attached hydrogens (tertiary/aromatic N) is 1. The third-order valence-electron chi connectivity index (χ3n) is 4.13. The lowest BCUT2D eigenvalue weighted by molar-refractivity contribution is 0.257. The molecule has 0 amide bonds. The van der Waals surface area contributed by atoms with Gasteiger partial charge < -0.3 is 0 Å². The smallest absolute Gasteiger partial charge is 0.0237 e. The van der Waals surface area contributed by atoms with Gasteiger partial charge >= 0.3 is 0 Å². The molecule has 0 unspecified atom stereocenters. The van der Waals surface area contributed by atoms with Crippen molar-refractivity contribution in [2.24, 2.45) is 0 Å². The molecule has 1 aliphatic heterocycles. The molecule has 0 aromatic heterocycles. The van der Waals surface area contributed by atoms with Crippen LogP contribution in [0.3, 0.4) is 0 Å². The molecule has 2 heteroatoms. The molecule has 0 N–H and O–H groups in total. The van der Waals surface area contributed by atoms with Crippen molar-refractivity contribution < 1.29 is 0 Å². The first kappa shape index (κ1) is 15.4. The summed E-state index contributed by atoms with van der Waals surface area (Å²) in [5.74, 6) is 0. The van der Waals surface area contributed by atoms with Crippen molar-refractivity contribution in [2.75, 3.05) is 13.1 Å². The Balaban J connectivity index is 1.65. The summed E-state index contributed by atoms with van der Waals surface area (Å²) < 4.78 is 0. The number of likely N-dealkylation sites (tertiary alicyclic amines) is 1. The zero-order valence-electron chi connectivity index (χ0n) is 13.2. The van der Waals surface area contributed by atoms with Crippen LogP contribution in [-0.4, -0.2) is 18.0 Å². The molecule has 0 spiro atoms. The Morgan fingerprint density at radius 2 is 1.68 bits per heavy atom. The fraction of sp³-hybridized carbons (Fsp3) is 0.300. The van der Waals surface area contributed by atoms with Gasteiger partial charge in [-0.15, -0.1) is 0 Å². The minimum Gasteiger partial charge on any atom is -0.295 e. The predicted molar refractivity (Wildman–Crippen MR) is 96.0 cm³/mol. The molecule has 0 radical (unpaired) electrons. The first-order valence-electron chi connectivity index (χ1n) is 7.99. The van der Waals surface area contributed by atoms with Crippen molar-refractivity contribution in [2.45, 2.75) is 31.2 Å². The fourth-order valence-electron chi connectivity index (χ4n) is 2.95. The first-order chi connectivity index (χ1) is 10.8. The molecule has 114 valence electrons. The van der Waals surface area contributed by atoms with E-state index in [-0.39, 0.29) is 0 Å². The highest BCUT2D eigenvalue weighted by atomic mass is 32.2. The minimum absolute atomic E-state index is 1.06. The second-order valence-electron chi connectivity index (χ2n) is 5.87. The van der Waals surface area contributed by atoms with Crippen molar-refractivity contribution in [3.63, 3.8) is 0 Å². The lowest BCUT2D eigenvalue weighted by Gasteiger charge is -2.29. The zero-order valence-corrected chi connectivity index (χ0v) is 14.0. The second-order valence-corrected chi connectivity index (χ2v) is 7.16. The second kappa shape index (κ2) is 7.66. The molecule has 1 aliphatic rings. The van der Waals surface area contributed by atoms with Gasteiger partial charge in [-0.2, -0.15) is 0 Å². The molecule has 1 fully saturated rings. The maximum absolute atomic E-state index is 2.57. The SMILES string of the molecule is C/C(Sc1ccccc1)=C1/CCCN(Cc2ccccc2)C1. The summed E-state index contributed by atoms with van der Waals surface area (Å²) in [6.07, 6.45) is 2.52. The van der Waals surface area contributed by atoms with Crippen LogP contribution in [0.4, 0.5) is 0 Å². The number of thioether (sulfide) groups is 1. The van der Waals surface area contributed by atoms with E-state index in [1.165, 1.54) is 34.8 Å². The molecule has 1 nitrogen and oxygen atoms in total. The monoisotopic (exact) mass is 309 g/mol. The van der Waals surface area contributed by atoms with Gasteiger partial charge in [0.25, 0.3) is 0 Å². The number of piperidine rings is 1. The number of allylic oxidation sites excluding steroid dienone is 1. The highest BCUT2D eigenvalue weighted by Crippen LogP contribution is 2.32. The first-order valence-corrected chi connectivity index (χ1v) is 8.81. The van der Waals surface area contributed by atoms with E-state index in [9.17, 15) is 0 Å². The third-order valence-corrected chi connectivity index (χ3v) is 5.23. The quantitative estimate of drug-likeness (QED) is 0.700. The number of hydrogen-bond donors (Lipinski definition) is 0. The van der Waals surface area contributed by atoms with Crippen LogP contribution in [-0.2, 0) is 6.54 Å². The Morgan fingerprint density at radius 3 is 2.41 bits per heavy atom. The lowest BCUT2D eigenvalue weighted by atomic mass is 10.0. The summed E-state index contributed by atoms with van der Waals surface area (Å²) in [5, 5.41) is 0. The van der Waals surface area contributed by atoms with Gasteiger partial charge in [0.2, 0.25) is 0 Å². The topological polar surface area (TPSA) is 3.24 Å². The van der Waals surface area contributed by atoms with Crippen LogP contribution < -0.4 is 0 Å². The average molecular weight is 309 g/mol. The molecule has 3 rings (SSSR count). The number of hydrogen-bond acceptors (Lipinski definition) is 2. The third kappa shape index (κ3) is 4.25. The van der Waals surface area contributed by atoms with Crippen LogP contribution in [0, 0.1) is 0 Å². The Kier molecular flexibility index (Phi) is 5.36. The highest BCUT2D eigenvalue weighted by Gasteiger charge is 2.16. The standard InChI is InChI=1S/C20H23NS/c1-17(22-20-12-6-3-7-13-20)19-11-8-14-21(16-19)15-18-9-4-2-5-10-18/h2-7,9-10,12-13H,8,11,14-16H2,1H3/b19-17+. The van der Waals surface area contributed by atoms with E-state index in [0.717, 1.165) is 13.1 Å². The number of benzene rings is 2. The van der Waals surface area contributed by atoms with Crippen LogP contribution in [0.5, 0.6) is 0 Å². The maximum atomic E-state index is 2.57. The van der Waals surface area contributed by atoms with Gasteiger partial charge in [-0.1, -0.05) is 60.3 Å². The highest BCUT2D eigenvalue weighted by molar-refractivity contribution is 8.03. The normalized spacial score (nSPS) is 18.2. The zero-order chi connectivity index (χ0) is 15.2. The van der Waals surface area contributed by atoms with Crippen molar-refractivity contribution in [1.82, 2.24) is 4.90 Å². The summed E-state index contributed by atoms with van der Waals surface area (Å²) in [4.78, 5) is 5.39. The Morgan fingerprint density at radius 1 is 1.00 bits per heavy atom. The summed E-state index contributed by atoms with van der Waals surface area (Å²) in [5.41, 5.74) is 3.02. The Labute approximate surface area is 138 Å². The van der Waals surface area contributed by atoms with E-state index in [4.69, 9.17) is 0 Å². The maximum Gasteiger partial charge on any atom is 0.0237 e. The fourth-order valence-corrected chi connectivity index (χ4v) is 3.90. The van der Waals surface area contributed by atoms with E-state index in [1.54, 1.807) is 5.57 Å². The summed E-state index contributed by atoms with van der Waals surface area (Å²) in [7, 11) is 0. The van der Waals surface area contributed by atoms with Gasteiger partial charge in [0.15, 0.2) is 0 Å². The van der Waals surface area contributed by atoms with Gasteiger partial charge in [-0.05, 0) is 54.5 Å². The van der Waals surface area contributed by atoms with Gasteiger partial charge in [0.05, 0.1) is 0 Å². The summed E-state index contributed by atoms with van der Waals surface area (Å²) in [6, 6.07) is 21.5. The van der Waals surface area contributed by atoms with Crippen molar-refractivity contribution >= 4 is 11.8 Å². The van der Waals surface area contributed by atoms with Crippen LogP contribution in [0.1, 0.15) is 25.3 Å². The molecule has 1 saturated heterocycles. The minimum atomic E-state index is 1.06. The molecule has 1 heterocycles. The summed E-state index contributed by atoms with van der Waals surface area (Å²) in [6.45, 7) is 5.66. The van der Waals surface area contributed by atoms with E-state index in [0.29, 0.717) is 0 Å². The molecule has 0 saturated carbocycles. The Bertz CT molecular complexity index is 619. The molecule has 22 heavy (non-hydrogen) atoms. The van der Waals surface area contributed by atoms with E-state index in [2.05, 4.69) is 72.5 Å². The molecule has 2 aromatic carbocycles. The predicted octanol–water partition coefficient (Wildman–Crippen LogP) is 5.35. The van der Waals surface area contributed by atoms with Gasteiger partial charge in [-0.25, -0.2) is 0 Å². The van der Waals surface area contributed by atoms with E-state index < -0.39 is 0 Å². The molecule has 0 atom stereocenters. The van der Waals surface area contributed by atoms with Crippen molar-refractivity contribution in [3.8, 4) is 0 Å². The lowest BCUT2D eigenvalue weighted by Crippen LogP contribution is -2.31. The van der Waals surface area contributed by atoms with Crippen LogP contribution >= 0.6 is 11.8 Å². The summed E-state index contributed by atoms with van der Waals surface area (Å²) >= 11 is 1.91. The number of rotatable bonds is 4. The van der Waals surface area contributed by atoms with Gasteiger partial charge in [0.1, 0.15) is 0 Å². The van der Waals surface area contributed by atoms with Crippen LogP contribution in [0.15, 0.2) is 76.0 Å². The van der Waals surface area contributed by atoms with Crippen molar-refractivity contribution in [1.29, 1.82) is 0 Å². The van der Waals surface area contributed by atoms with E-state index >= 15 is 0 Å².